The van der Waals surface area contributed by atoms with E-state index in [1.807, 2.05) is 35.4 Å². The predicted molar refractivity (Wildman–Crippen MR) is 90.1 cm³/mol. The third-order valence-corrected chi connectivity index (χ3v) is 4.42. The van der Waals surface area contributed by atoms with Gasteiger partial charge in [-0.1, -0.05) is 31.0 Å². The Bertz CT molecular complexity index is 684. The maximum absolute atomic E-state index is 12.2. The molecular formula is C18H23N3O2. The number of H-pyrrole nitrogens is 1. The number of benzene rings is 1. The first-order valence-electron chi connectivity index (χ1n) is 8.33. The Balaban J connectivity index is 1.52. The van der Waals surface area contributed by atoms with Crippen LogP contribution in [0.15, 0.2) is 30.5 Å². The fraction of sp³-hybridized carbons (Fsp3) is 0.444. The Morgan fingerprint density at radius 1 is 1.09 bits per heavy atom. The molecule has 1 aromatic carbocycles. The molecule has 0 bridgehead atoms. The number of rotatable bonds is 4. The number of likely N-dealkylation sites (tertiary alicyclic amines) is 1. The Morgan fingerprint density at radius 3 is 2.61 bits per heavy atom. The molecule has 2 heterocycles. The number of amides is 2. The lowest BCUT2D eigenvalue weighted by Crippen LogP contribution is -2.41. The van der Waals surface area contributed by atoms with E-state index in [0.29, 0.717) is 0 Å². The van der Waals surface area contributed by atoms with Crippen molar-refractivity contribution in [2.75, 3.05) is 19.6 Å². The predicted octanol–water partition coefficient (Wildman–Crippen LogP) is 2.23. The van der Waals surface area contributed by atoms with E-state index in [4.69, 9.17) is 0 Å². The summed E-state index contributed by atoms with van der Waals surface area (Å²) in [6.45, 7) is 1.73. The number of nitrogens with zero attached hydrogens (tertiary/aromatic N) is 1. The van der Waals surface area contributed by atoms with Crippen molar-refractivity contribution in [3.05, 3.63) is 36.0 Å². The highest BCUT2D eigenvalue weighted by molar-refractivity contribution is 5.90. The van der Waals surface area contributed by atoms with E-state index in [1.54, 1.807) is 0 Å². The molecule has 5 nitrogen and oxygen atoms in total. The first-order chi connectivity index (χ1) is 11.2. The van der Waals surface area contributed by atoms with Crippen molar-refractivity contribution in [1.82, 2.24) is 15.2 Å². The van der Waals surface area contributed by atoms with Crippen LogP contribution in [-0.2, 0) is 16.0 Å². The van der Waals surface area contributed by atoms with Gasteiger partial charge < -0.3 is 15.2 Å². The number of hydrogen-bond donors (Lipinski definition) is 2. The summed E-state index contributed by atoms with van der Waals surface area (Å²) >= 11 is 0. The molecule has 0 radical (unpaired) electrons. The first kappa shape index (κ1) is 15.6. The fourth-order valence-electron chi connectivity index (χ4n) is 3.12. The van der Waals surface area contributed by atoms with Gasteiger partial charge in [-0.15, -0.1) is 0 Å². The minimum absolute atomic E-state index is 0.0270. The number of fused-ring (bicyclic) bond motifs is 1. The van der Waals surface area contributed by atoms with Crippen LogP contribution in [0, 0.1) is 0 Å². The van der Waals surface area contributed by atoms with E-state index >= 15 is 0 Å². The van der Waals surface area contributed by atoms with Gasteiger partial charge in [0.25, 0.3) is 0 Å². The molecule has 1 aliphatic heterocycles. The quantitative estimate of drug-likeness (QED) is 0.909. The molecule has 0 spiro atoms. The zero-order chi connectivity index (χ0) is 16.1. The van der Waals surface area contributed by atoms with E-state index in [-0.39, 0.29) is 24.8 Å². The highest BCUT2D eigenvalue weighted by atomic mass is 16.2. The topological polar surface area (TPSA) is 65.2 Å². The number of hydrogen-bond acceptors (Lipinski definition) is 2. The molecule has 1 aromatic heterocycles. The molecule has 1 fully saturated rings. The van der Waals surface area contributed by atoms with E-state index in [1.165, 1.54) is 12.8 Å². The van der Waals surface area contributed by atoms with Gasteiger partial charge in [0.05, 0.1) is 13.0 Å². The smallest absolute Gasteiger partial charge is 0.241 e. The first-order valence-corrected chi connectivity index (χ1v) is 8.33. The summed E-state index contributed by atoms with van der Waals surface area (Å²) in [6, 6.07) is 7.90. The number of nitrogens with one attached hydrogen (secondary N) is 2. The van der Waals surface area contributed by atoms with Gasteiger partial charge in [0.1, 0.15) is 0 Å². The normalized spacial score (nSPS) is 15.4. The SMILES string of the molecule is O=C(Cc1c[nH]c2ccccc12)NCC(=O)N1CCCCCC1. The van der Waals surface area contributed by atoms with Crippen LogP contribution in [0.3, 0.4) is 0 Å². The lowest BCUT2D eigenvalue weighted by Gasteiger charge is -2.20. The van der Waals surface area contributed by atoms with Crippen molar-refractivity contribution < 1.29 is 9.59 Å². The van der Waals surface area contributed by atoms with Gasteiger partial charge in [0.15, 0.2) is 0 Å². The Hall–Kier alpha value is -2.30. The highest BCUT2D eigenvalue weighted by Gasteiger charge is 2.16. The van der Waals surface area contributed by atoms with E-state index in [2.05, 4.69) is 10.3 Å². The fourth-order valence-corrected chi connectivity index (χ4v) is 3.12. The third-order valence-electron chi connectivity index (χ3n) is 4.42. The van der Waals surface area contributed by atoms with Gasteiger partial charge in [-0.25, -0.2) is 0 Å². The molecule has 1 aliphatic rings. The molecule has 122 valence electrons. The standard InChI is InChI=1S/C18H23N3O2/c22-17(11-14-12-19-16-8-4-3-7-15(14)16)20-13-18(23)21-9-5-1-2-6-10-21/h3-4,7-8,12,19H,1-2,5-6,9-11,13H2,(H,20,22). The maximum Gasteiger partial charge on any atom is 0.241 e. The van der Waals surface area contributed by atoms with Gasteiger partial charge in [0, 0.05) is 30.2 Å². The second-order valence-corrected chi connectivity index (χ2v) is 6.11. The summed E-state index contributed by atoms with van der Waals surface area (Å²) in [5, 5.41) is 3.82. The van der Waals surface area contributed by atoms with Crippen LogP contribution < -0.4 is 5.32 Å². The van der Waals surface area contributed by atoms with E-state index < -0.39 is 0 Å². The molecule has 2 aromatic rings. The van der Waals surface area contributed by atoms with Crippen LogP contribution >= 0.6 is 0 Å². The molecule has 0 unspecified atom stereocenters. The summed E-state index contributed by atoms with van der Waals surface area (Å²) in [5.41, 5.74) is 1.98. The molecule has 1 saturated heterocycles. The number of aromatic nitrogens is 1. The second kappa shape index (κ2) is 7.31. The molecule has 2 amide bonds. The monoisotopic (exact) mass is 313 g/mol. The summed E-state index contributed by atoms with van der Waals surface area (Å²) in [7, 11) is 0. The van der Waals surface area contributed by atoms with Crippen molar-refractivity contribution in [2.45, 2.75) is 32.1 Å². The van der Waals surface area contributed by atoms with Gasteiger partial charge in [0.2, 0.25) is 11.8 Å². The van der Waals surface area contributed by atoms with Crippen molar-refractivity contribution in [3.8, 4) is 0 Å². The summed E-state index contributed by atoms with van der Waals surface area (Å²) in [6.07, 6.45) is 6.66. The minimum atomic E-state index is -0.113. The molecular weight excluding hydrogens is 290 g/mol. The van der Waals surface area contributed by atoms with Crippen molar-refractivity contribution >= 4 is 22.7 Å². The molecule has 0 saturated carbocycles. The number of carbonyl (C=O) groups excluding carboxylic acids is 2. The van der Waals surface area contributed by atoms with Gasteiger partial charge in [-0.2, -0.15) is 0 Å². The Labute approximate surface area is 136 Å². The lowest BCUT2D eigenvalue weighted by molar-refractivity contribution is -0.132. The highest BCUT2D eigenvalue weighted by Crippen LogP contribution is 2.17. The lowest BCUT2D eigenvalue weighted by atomic mass is 10.1. The molecule has 0 atom stereocenters. The van der Waals surface area contributed by atoms with Gasteiger partial charge >= 0.3 is 0 Å². The van der Waals surface area contributed by atoms with E-state index in [9.17, 15) is 9.59 Å². The van der Waals surface area contributed by atoms with Crippen LogP contribution in [-0.4, -0.2) is 41.3 Å². The molecule has 2 N–H and O–H groups in total. The number of carbonyl (C=O) groups is 2. The number of para-hydroxylation sites is 1. The van der Waals surface area contributed by atoms with Crippen molar-refractivity contribution in [3.63, 3.8) is 0 Å². The maximum atomic E-state index is 12.2. The second-order valence-electron chi connectivity index (χ2n) is 6.11. The van der Waals surface area contributed by atoms with Crippen molar-refractivity contribution in [2.24, 2.45) is 0 Å². The van der Waals surface area contributed by atoms with Crippen LogP contribution in [0.25, 0.3) is 10.9 Å². The van der Waals surface area contributed by atoms with Gasteiger partial charge in [-0.05, 0) is 24.5 Å². The molecule has 0 aliphatic carbocycles. The van der Waals surface area contributed by atoms with Crippen LogP contribution in [0.4, 0.5) is 0 Å². The van der Waals surface area contributed by atoms with Crippen LogP contribution in [0.5, 0.6) is 0 Å². The summed E-state index contributed by atoms with van der Waals surface area (Å²) in [4.78, 5) is 29.3. The Morgan fingerprint density at radius 2 is 1.83 bits per heavy atom. The average Bonchev–Trinajstić information content (AvgIpc) is 2.79. The Kier molecular flexibility index (Phi) is 4.95. The van der Waals surface area contributed by atoms with Crippen molar-refractivity contribution in [1.29, 1.82) is 0 Å². The number of aromatic amines is 1. The zero-order valence-corrected chi connectivity index (χ0v) is 13.3. The van der Waals surface area contributed by atoms with E-state index in [0.717, 1.165) is 42.4 Å². The van der Waals surface area contributed by atoms with Crippen LogP contribution in [0.1, 0.15) is 31.2 Å². The van der Waals surface area contributed by atoms with Crippen LogP contribution in [0.2, 0.25) is 0 Å². The largest absolute Gasteiger partial charge is 0.361 e. The molecule has 5 heteroatoms. The molecule has 3 rings (SSSR count). The average molecular weight is 313 g/mol. The summed E-state index contributed by atoms with van der Waals surface area (Å²) < 4.78 is 0. The van der Waals surface area contributed by atoms with Gasteiger partial charge in [-0.3, -0.25) is 9.59 Å². The zero-order valence-electron chi connectivity index (χ0n) is 13.3. The minimum Gasteiger partial charge on any atom is -0.361 e. The molecule has 23 heavy (non-hydrogen) atoms. The summed E-state index contributed by atoms with van der Waals surface area (Å²) in [5.74, 6) is -0.0860. The third kappa shape index (κ3) is 3.92.